The van der Waals surface area contributed by atoms with Gasteiger partial charge >= 0.3 is 0 Å². The quantitative estimate of drug-likeness (QED) is 0.611. The molecule has 0 aliphatic rings. The molecule has 0 aliphatic heterocycles. The van der Waals surface area contributed by atoms with Crippen LogP contribution in [0.4, 0.5) is 5.69 Å². The molecule has 0 saturated heterocycles. The minimum absolute atomic E-state index is 0. The van der Waals surface area contributed by atoms with Crippen molar-refractivity contribution in [2.75, 3.05) is 13.2 Å². The fraction of sp³-hybridized carbons (Fsp3) is 0.250. The van der Waals surface area contributed by atoms with E-state index in [2.05, 4.69) is 0 Å². The van der Waals surface area contributed by atoms with Crippen molar-refractivity contribution in [3.63, 3.8) is 0 Å². The van der Waals surface area contributed by atoms with Gasteiger partial charge in [0.15, 0.2) is 0 Å². The number of nitrogens with zero attached hydrogens (tertiary/aromatic N) is 1. The maximum Gasteiger partial charge on any atom is 0.273 e. The van der Waals surface area contributed by atoms with Crippen molar-refractivity contribution >= 4 is 18.1 Å². The number of nitro groups is 1. The second kappa shape index (κ2) is 6.17. The largest absolute Gasteiger partial charge is 0.492 e. The topological polar surface area (TPSA) is 78.4 Å². The molecule has 2 N–H and O–H groups in total. The monoisotopic (exact) mass is 218 g/mol. The Labute approximate surface area is 87.4 Å². The fourth-order valence-electron chi connectivity index (χ4n) is 0.864. The predicted molar refractivity (Wildman–Crippen MR) is 54.9 cm³/mol. The van der Waals surface area contributed by atoms with E-state index >= 15 is 0 Å². The zero-order chi connectivity index (χ0) is 9.68. The molecule has 1 aromatic carbocycles. The molecule has 0 heterocycles. The van der Waals surface area contributed by atoms with Gasteiger partial charge in [-0.3, -0.25) is 10.1 Å². The number of nitrogens with two attached hydrogens (primary N) is 1. The van der Waals surface area contributed by atoms with Gasteiger partial charge in [-0.05, 0) is 6.07 Å². The minimum atomic E-state index is -0.463. The van der Waals surface area contributed by atoms with Gasteiger partial charge in [0.25, 0.3) is 5.69 Å². The molecule has 0 fully saturated rings. The Morgan fingerprint density at radius 2 is 2.21 bits per heavy atom. The summed E-state index contributed by atoms with van der Waals surface area (Å²) in [6.45, 7) is 0.754. The minimum Gasteiger partial charge on any atom is -0.492 e. The molecule has 6 heteroatoms. The average Bonchev–Trinajstić information content (AvgIpc) is 2.15. The van der Waals surface area contributed by atoms with Crippen LogP contribution in [0.1, 0.15) is 0 Å². The lowest BCUT2D eigenvalue weighted by Gasteiger charge is -2.02. The Morgan fingerprint density at radius 3 is 2.79 bits per heavy atom. The predicted octanol–water partition coefficient (Wildman–Crippen LogP) is 1.35. The van der Waals surface area contributed by atoms with Crippen molar-refractivity contribution < 1.29 is 9.66 Å². The Morgan fingerprint density at radius 1 is 1.50 bits per heavy atom. The Hall–Kier alpha value is -1.33. The van der Waals surface area contributed by atoms with Crippen LogP contribution in [-0.4, -0.2) is 18.1 Å². The zero-order valence-electron chi connectivity index (χ0n) is 7.38. The number of hydrogen-bond acceptors (Lipinski definition) is 4. The van der Waals surface area contributed by atoms with Crippen LogP contribution in [0.15, 0.2) is 24.3 Å². The number of ether oxygens (including phenoxy) is 1. The summed E-state index contributed by atoms with van der Waals surface area (Å²) < 4.78 is 5.12. The summed E-state index contributed by atoms with van der Waals surface area (Å²) in [5, 5.41) is 10.4. The highest BCUT2D eigenvalue weighted by molar-refractivity contribution is 5.85. The van der Waals surface area contributed by atoms with Gasteiger partial charge in [-0.15, -0.1) is 12.4 Å². The molecular weight excluding hydrogens is 208 g/mol. The standard InChI is InChI=1S/C8H10N2O3.ClH/c9-4-5-13-8-3-1-2-7(6-8)10(11)12;/h1-3,6H,4-5,9H2;1H. The summed E-state index contributed by atoms with van der Waals surface area (Å²) in [7, 11) is 0. The first-order valence-corrected chi connectivity index (χ1v) is 3.81. The van der Waals surface area contributed by atoms with Crippen molar-refractivity contribution in [1.29, 1.82) is 0 Å². The van der Waals surface area contributed by atoms with E-state index in [1.54, 1.807) is 12.1 Å². The summed E-state index contributed by atoms with van der Waals surface area (Å²) in [4.78, 5) is 9.89. The van der Waals surface area contributed by atoms with E-state index in [0.29, 0.717) is 18.9 Å². The van der Waals surface area contributed by atoms with Gasteiger partial charge in [-0.1, -0.05) is 6.07 Å². The molecule has 78 valence electrons. The van der Waals surface area contributed by atoms with E-state index in [-0.39, 0.29) is 18.1 Å². The number of rotatable bonds is 4. The van der Waals surface area contributed by atoms with Crippen molar-refractivity contribution in [2.24, 2.45) is 5.73 Å². The van der Waals surface area contributed by atoms with Crippen LogP contribution in [0.25, 0.3) is 0 Å². The van der Waals surface area contributed by atoms with Gasteiger partial charge in [0.2, 0.25) is 0 Å². The Kier molecular flexibility index (Phi) is 5.59. The summed E-state index contributed by atoms with van der Waals surface area (Å²) >= 11 is 0. The van der Waals surface area contributed by atoms with Gasteiger partial charge in [-0.2, -0.15) is 0 Å². The van der Waals surface area contributed by atoms with Crippen molar-refractivity contribution in [3.8, 4) is 5.75 Å². The zero-order valence-corrected chi connectivity index (χ0v) is 8.20. The molecule has 14 heavy (non-hydrogen) atoms. The molecule has 5 nitrogen and oxygen atoms in total. The highest BCUT2D eigenvalue weighted by Crippen LogP contribution is 2.18. The first-order chi connectivity index (χ1) is 6.24. The second-order valence-electron chi connectivity index (χ2n) is 2.39. The Bertz CT molecular complexity index is 306. The van der Waals surface area contributed by atoms with Gasteiger partial charge in [0.1, 0.15) is 12.4 Å². The number of nitro benzene ring substituents is 1. The van der Waals surface area contributed by atoms with E-state index < -0.39 is 4.92 Å². The fourth-order valence-corrected chi connectivity index (χ4v) is 0.864. The van der Waals surface area contributed by atoms with Gasteiger partial charge in [0, 0.05) is 12.6 Å². The third kappa shape index (κ3) is 3.59. The lowest BCUT2D eigenvalue weighted by molar-refractivity contribution is -0.384. The first kappa shape index (κ1) is 12.7. The number of hydrogen-bond donors (Lipinski definition) is 1. The molecule has 0 saturated carbocycles. The molecule has 0 radical (unpaired) electrons. The van der Waals surface area contributed by atoms with E-state index in [4.69, 9.17) is 10.5 Å². The molecule has 0 bridgehead atoms. The van der Waals surface area contributed by atoms with Crippen LogP contribution in [0.3, 0.4) is 0 Å². The molecule has 0 aromatic heterocycles. The van der Waals surface area contributed by atoms with Crippen LogP contribution in [-0.2, 0) is 0 Å². The Balaban J connectivity index is 0.00000169. The van der Waals surface area contributed by atoms with E-state index in [9.17, 15) is 10.1 Å². The summed E-state index contributed by atoms with van der Waals surface area (Å²) in [5.74, 6) is 0.472. The highest BCUT2D eigenvalue weighted by atomic mass is 35.5. The van der Waals surface area contributed by atoms with Crippen LogP contribution in [0.2, 0.25) is 0 Å². The lowest BCUT2D eigenvalue weighted by atomic mass is 10.3. The lowest BCUT2D eigenvalue weighted by Crippen LogP contribution is -2.10. The maximum absolute atomic E-state index is 10.4. The highest BCUT2D eigenvalue weighted by Gasteiger charge is 2.05. The molecular formula is C8H11ClN2O3. The third-order valence-corrected chi connectivity index (χ3v) is 1.42. The summed E-state index contributed by atoms with van der Waals surface area (Å²) in [5.41, 5.74) is 5.24. The number of non-ortho nitro benzene ring substituents is 1. The van der Waals surface area contributed by atoms with Crippen molar-refractivity contribution in [3.05, 3.63) is 34.4 Å². The molecule has 0 atom stereocenters. The smallest absolute Gasteiger partial charge is 0.273 e. The van der Waals surface area contributed by atoms with Crippen LogP contribution < -0.4 is 10.5 Å². The normalized spacial score (nSPS) is 8.93. The SMILES string of the molecule is Cl.NCCOc1cccc([N+](=O)[O-])c1. The molecule has 1 aromatic rings. The summed E-state index contributed by atoms with van der Waals surface area (Å²) in [6.07, 6.45) is 0. The van der Waals surface area contributed by atoms with Gasteiger partial charge in [0.05, 0.1) is 11.0 Å². The molecule has 0 aliphatic carbocycles. The van der Waals surface area contributed by atoms with E-state index in [0.717, 1.165) is 0 Å². The van der Waals surface area contributed by atoms with Crippen LogP contribution >= 0.6 is 12.4 Å². The molecule has 0 amide bonds. The second-order valence-corrected chi connectivity index (χ2v) is 2.39. The van der Waals surface area contributed by atoms with Crippen molar-refractivity contribution in [2.45, 2.75) is 0 Å². The van der Waals surface area contributed by atoms with Crippen LogP contribution in [0.5, 0.6) is 5.75 Å². The van der Waals surface area contributed by atoms with Crippen molar-refractivity contribution in [1.82, 2.24) is 0 Å². The van der Waals surface area contributed by atoms with E-state index in [1.165, 1.54) is 12.1 Å². The van der Waals surface area contributed by atoms with E-state index in [1.807, 2.05) is 0 Å². The molecule has 1 rings (SSSR count). The van der Waals surface area contributed by atoms with Crippen LogP contribution in [0, 0.1) is 10.1 Å². The first-order valence-electron chi connectivity index (χ1n) is 3.81. The van der Waals surface area contributed by atoms with Gasteiger partial charge in [-0.25, -0.2) is 0 Å². The summed E-state index contributed by atoms with van der Waals surface area (Å²) in [6, 6.07) is 6.01. The third-order valence-electron chi connectivity index (χ3n) is 1.42. The molecule has 0 unspecified atom stereocenters. The molecule has 0 spiro atoms. The number of halogens is 1. The average molecular weight is 219 g/mol. The van der Waals surface area contributed by atoms with Gasteiger partial charge < -0.3 is 10.5 Å². The number of benzene rings is 1. The maximum atomic E-state index is 10.4.